The van der Waals surface area contributed by atoms with E-state index >= 15 is 0 Å². The number of nitrogens with one attached hydrogen (secondary N) is 1. The first kappa shape index (κ1) is 19.8. The van der Waals surface area contributed by atoms with Gasteiger partial charge in [-0.25, -0.2) is 8.42 Å². The van der Waals surface area contributed by atoms with E-state index < -0.39 is 10.0 Å². The Labute approximate surface area is 154 Å². The Kier molecular flexibility index (Phi) is 6.63. The topological polar surface area (TPSA) is 75.7 Å². The molecule has 0 saturated carbocycles. The monoisotopic (exact) mass is 376 g/mol. The molecule has 26 heavy (non-hydrogen) atoms. The molecule has 0 saturated heterocycles. The Morgan fingerprint density at radius 2 is 1.69 bits per heavy atom. The van der Waals surface area contributed by atoms with Crippen molar-refractivity contribution in [3.05, 3.63) is 60.2 Å². The van der Waals surface area contributed by atoms with Crippen LogP contribution in [-0.2, 0) is 10.0 Å². The number of carbonyl (C=O) groups excluding carboxylic acids is 1. The summed E-state index contributed by atoms with van der Waals surface area (Å²) in [7, 11) is -3.48. The van der Waals surface area contributed by atoms with Gasteiger partial charge in [-0.3, -0.25) is 9.10 Å². The molecule has 7 heteroatoms. The molecule has 0 heterocycles. The SMILES string of the molecule is CC(C)Oc1ccc(N(CCNC(=O)c2ccccc2)S(C)(=O)=O)cc1. The molecule has 2 aromatic rings. The lowest BCUT2D eigenvalue weighted by Gasteiger charge is -2.23. The van der Waals surface area contributed by atoms with Crippen LogP contribution in [0.15, 0.2) is 54.6 Å². The quantitative estimate of drug-likeness (QED) is 0.769. The third-order valence-electron chi connectivity index (χ3n) is 3.53. The zero-order chi connectivity index (χ0) is 19.2. The number of hydrogen-bond acceptors (Lipinski definition) is 4. The molecule has 1 N–H and O–H groups in total. The van der Waals surface area contributed by atoms with Crippen LogP contribution in [0.25, 0.3) is 0 Å². The van der Waals surface area contributed by atoms with Crippen LogP contribution in [0.3, 0.4) is 0 Å². The van der Waals surface area contributed by atoms with Crippen LogP contribution in [0.2, 0.25) is 0 Å². The maximum atomic E-state index is 12.1. The fourth-order valence-electron chi connectivity index (χ4n) is 2.41. The minimum absolute atomic E-state index is 0.0417. The number of amides is 1. The van der Waals surface area contributed by atoms with E-state index in [-0.39, 0.29) is 25.1 Å². The van der Waals surface area contributed by atoms with E-state index in [1.807, 2.05) is 19.9 Å². The highest BCUT2D eigenvalue weighted by Gasteiger charge is 2.17. The van der Waals surface area contributed by atoms with Crippen LogP contribution in [0.4, 0.5) is 5.69 Å². The molecule has 2 aromatic carbocycles. The molecule has 0 aliphatic heterocycles. The number of carbonyl (C=O) groups is 1. The first-order chi connectivity index (χ1) is 12.3. The second-order valence-electron chi connectivity index (χ2n) is 6.12. The van der Waals surface area contributed by atoms with E-state index in [2.05, 4.69) is 5.32 Å². The van der Waals surface area contributed by atoms with Crippen molar-refractivity contribution in [2.75, 3.05) is 23.7 Å². The highest BCUT2D eigenvalue weighted by Crippen LogP contribution is 2.22. The summed E-state index contributed by atoms with van der Waals surface area (Å²) in [6.07, 6.45) is 1.19. The Hall–Kier alpha value is -2.54. The average Bonchev–Trinajstić information content (AvgIpc) is 2.59. The fraction of sp³-hybridized carbons (Fsp3) is 0.316. The van der Waals surface area contributed by atoms with E-state index in [0.717, 1.165) is 6.26 Å². The maximum absolute atomic E-state index is 12.1. The van der Waals surface area contributed by atoms with E-state index in [1.165, 1.54) is 4.31 Å². The molecule has 6 nitrogen and oxygen atoms in total. The highest BCUT2D eigenvalue weighted by atomic mass is 32.2. The Morgan fingerprint density at radius 3 is 2.23 bits per heavy atom. The molecular formula is C19H24N2O4S. The van der Waals surface area contributed by atoms with Crippen LogP contribution < -0.4 is 14.4 Å². The van der Waals surface area contributed by atoms with Gasteiger partial charge in [-0.05, 0) is 50.2 Å². The molecule has 0 bridgehead atoms. The van der Waals surface area contributed by atoms with E-state index in [4.69, 9.17) is 4.74 Å². The van der Waals surface area contributed by atoms with Gasteiger partial charge < -0.3 is 10.1 Å². The smallest absolute Gasteiger partial charge is 0.251 e. The fourth-order valence-corrected chi connectivity index (χ4v) is 3.34. The van der Waals surface area contributed by atoms with Crippen molar-refractivity contribution in [2.45, 2.75) is 20.0 Å². The summed E-state index contributed by atoms with van der Waals surface area (Å²) in [5.41, 5.74) is 1.06. The lowest BCUT2D eigenvalue weighted by Crippen LogP contribution is -2.38. The normalized spacial score (nSPS) is 11.2. The van der Waals surface area contributed by atoms with Gasteiger partial charge in [0.05, 0.1) is 24.6 Å². The molecule has 2 rings (SSSR count). The molecule has 0 fully saturated rings. The number of sulfonamides is 1. The molecule has 0 spiro atoms. The van der Waals surface area contributed by atoms with Crippen molar-refractivity contribution >= 4 is 21.6 Å². The summed E-state index contributed by atoms with van der Waals surface area (Å²) >= 11 is 0. The molecule has 0 aromatic heterocycles. The Balaban J connectivity index is 2.03. The van der Waals surface area contributed by atoms with Crippen molar-refractivity contribution in [3.8, 4) is 5.75 Å². The molecule has 0 radical (unpaired) electrons. The minimum atomic E-state index is -3.48. The van der Waals surface area contributed by atoms with Crippen molar-refractivity contribution in [3.63, 3.8) is 0 Å². The largest absolute Gasteiger partial charge is 0.491 e. The molecule has 0 aliphatic carbocycles. The third kappa shape index (κ3) is 5.77. The van der Waals surface area contributed by atoms with Gasteiger partial charge in [-0.1, -0.05) is 18.2 Å². The van der Waals surface area contributed by atoms with Crippen LogP contribution >= 0.6 is 0 Å². The first-order valence-electron chi connectivity index (χ1n) is 8.35. The van der Waals surface area contributed by atoms with Crippen molar-refractivity contribution in [2.24, 2.45) is 0 Å². The number of nitrogens with zero attached hydrogens (tertiary/aromatic N) is 1. The lowest BCUT2D eigenvalue weighted by molar-refractivity contribution is 0.0955. The van der Waals surface area contributed by atoms with Crippen LogP contribution in [-0.4, -0.2) is 39.8 Å². The molecular weight excluding hydrogens is 352 g/mol. The van der Waals surface area contributed by atoms with Crippen molar-refractivity contribution in [1.29, 1.82) is 0 Å². The standard InChI is InChI=1S/C19H24N2O4S/c1-15(2)25-18-11-9-17(10-12-18)21(26(3,23)24)14-13-20-19(22)16-7-5-4-6-8-16/h4-12,15H,13-14H2,1-3H3,(H,20,22). The van der Waals surface area contributed by atoms with Gasteiger partial charge in [0.1, 0.15) is 5.75 Å². The number of anilines is 1. The van der Waals surface area contributed by atoms with Gasteiger partial charge in [0.25, 0.3) is 5.91 Å². The molecule has 1 amide bonds. The second-order valence-corrected chi connectivity index (χ2v) is 8.02. The summed E-state index contributed by atoms with van der Waals surface area (Å²) in [4.78, 5) is 12.1. The minimum Gasteiger partial charge on any atom is -0.491 e. The zero-order valence-electron chi connectivity index (χ0n) is 15.2. The number of benzene rings is 2. The van der Waals surface area contributed by atoms with E-state index in [0.29, 0.717) is 17.0 Å². The van der Waals surface area contributed by atoms with E-state index in [9.17, 15) is 13.2 Å². The summed E-state index contributed by atoms with van der Waals surface area (Å²) < 4.78 is 31.1. The van der Waals surface area contributed by atoms with Crippen molar-refractivity contribution < 1.29 is 17.9 Å². The highest BCUT2D eigenvalue weighted by molar-refractivity contribution is 7.92. The molecule has 0 unspecified atom stereocenters. The van der Waals surface area contributed by atoms with Gasteiger partial charge in [-0.2, -0.15) is 0 Å². The lowest BCUT2D eigenvalue weighted by atomic mass is 10.2. The summed E-state index contributed by atoms with van der Waals surface area (Å²) in [5.74, 6) is 0.439. The van der Waals surface area contributed by atoms with Gasteiger partial charge in [-0.15, -0.1) is 0 Å². The van der Waals surface area contributed by atoms with Gasteiger partial charge in [0.15, 0.2) is 0 Å². The number of ether oxygens (including phenoxy) is 1. The molecule has 0 atom stereocenters. The molecule has 0 aliphatic rings. The predicted octanol–water partition coefficient (Wildman–Crippen LogP) is 2.67. The maximum Gasteiger partial charge on any atom is 0.251 e. The summed E-state index contributed by atoms with van der Waals surface area (Å²) in [5, 5.41) is 2.74. The van der Waals surface area contributed by atoms with Crippen LogP contribution in [0.1, 0.15) is 24.2 Å². The predicted molar refractivity (Wildman–Crippen MR) is 103 cm³/mol. The molecule has 140 valence electrons. The van der Waals surface area contributed by atoms with E-state index in [1.54, 1.807) is 48.5 Å². The first-order valence-corrected chi connectivity index (χ1v) is 10.2. The van der Waals surface area contributed by atoms with Crippen molar-refractivity contribution in [1.82, 2.24) is 5.32 Å². The zero-order valence-corrected chi connectivity index (χ0v) is 16.0. The summed E-state index contributed by atoms with van der Waals surface area (Å²) in [6, 6.07) is 15.6. The Morgan fingerprint density at radius 1 is 1.08 bits per heavy atom. The van der Waals surface area contributed by atoms with Gasteiger partial charge in [0, 0.05) is 12.1 Å². The van der Waals surface area contributed by atoms with Gasteiger partial charge in [0.2, 0.25) is 10.0 Å². The van der Waals surface area contributed by atoms with Crippen LogP contribution in [0, 0.1) is 0 Å². The van der Waals surface area contributed by atoms with Gasteiger partial charge >= 0.3 is 0 Å². The third-order valence-corrected chi connectivity index (χ3v) is 4.73. The number of rotatable bonds is 8. The Bertz CT molecular complexity index is 818. The average molecular weight is 376 g/mol. The number of hydrogen-bond donors (Lipinski definition) is 1. The summed E-state index contributed by atoms with van der Waals surface area (Å²) in [6.45, 7) is 4.19. The van der Waals surface area contributed by atoms with Crippen LogP contribution in [0.5, 0.6) is 5.75 Å². The second kappa shape index (κ2) is 8.71.